The molecule has 1 aromatic carbocycles. The molecule has 0 saturated heterocycles. The van der Waals surface area contributed by atoms with Crippen LogP contribution in [0.5, 0.6) is 0 Å². The van der Waals surface area contributed by atoms with Gasteiger partial charge in [0.05, 0.1) is 5.92 Å². The summed E-state index contributed by atoms with van der Waals surface area (Å²) in [6, 6.07) is 5.42. The molecular formula is C11H12F2LiNO. The van der Waals surface area contributed by atoms with E-state index in [1.807, 2.05) is 0 Å². The smallest absolute Gasteiger partial charge is 0.698 e. The van der Waals surface area contributed by atoms with Crippen molar-refractivity contribution in [2.24, 2.45) is 5.92 Å². The fourth-order valence-electron chi connectivity index (χ4n) is 1.26. The summed E-state index contributed by atoms with van der Waals surface area (Å²) in [7, 11) is 0. The van der Waals surface area contributed by atoms with E-state index in [0.717, 1.165) is 6.92 Å². The summed E-state index contributed by atoms with van der Waals surface area (Å²) < 4.78 is 27.4. The molecule has 1 N–H and O–H groups in total. The molecular weight excluding hydrogens is 207 g/mol. The average Bonchev–Trinajstić information content (AvgIpc) is 2.16. The zero-order valence-corrected chi connectivity index (χ0v) is 9.55. The quantitative estimate of drug-likeness (QED) is 0.689. The van der Waals surface area contributed by atoms with Crippen LogP contribution in [-0.4, -0.2) is 5.78 Å². The van der Waals surface area contributed by atoms with E-state index in [4.69, 9.17) is 5.73 Å². The molecule has 1 atom stereocenters. The minimum atomic E-state index is -3.27. The van der Waals surface area contributed by atoms with Crippen molar-refractivity contribution >= 4 is 11.5 Å². The van der Waals surface area contributed by atoms with Crippen molar-refractivity contribution in [1.29, 1.82) is 0 Å². The number of ketones is 1. The maximum absolute atomic E-state index is 13.7. The minimum Gasteiger partial charge on any atom is -0.698 e. The summed E-state index contributed by atoms with van der Waals surface area (Å²) in [4.78, 5) is 10.9. The number of carbonyl (C=O) groups excluding carboxylic acids is 1. The second-order valence-electron chi connectivity index (χ2n) is 3.50. The number of halogens is 2. The number of hydrogen-bond acceptors (Lipinski definition) is 1. The van der Waals surface area contributed by atoms with Gasteiger partial charge >= 0.3 is 18.9 Å². The van der Waals surface area contributed by atoms with Gasteiger partial charge in [-0.25, -0.2) is 8.78 Å². The maximum Gasteiger partial charge on any atom is 1.00 e. The van der Waals surface area contributed by atoms with Crippen LogP contribution < -0.4 is 18.9 Å². The van der Waals surface area contributed by atoms with Gasteiger partial charge in [-0.05, 0) is 13.8 Å². The second-order valence-corrected chi connectivity index (χ2v) is 3.50. The Morgan fingerprint density at radius 2 is 1.88 bits per heavy atom. The Kier molecular flexibility index (Phi) is 5.18. The average molecular weight is 219 g/mol. The predicted molar refractivity (Wildman–Crippen MR) is 54.2 cm³/mol. The molecule has 0 amide bonds. The molecule has 1 rings (SSSR count). The van der Waals surface area contributed by atoms with Gasteiger partial charge in [-0.1, -0.05) is 24.3 Å². The first kappa shape index (κ1) is 15.1. The first-order valence-corrected chi connectivity index (χ1v) is 4.56. The fraction of sp³-hybridized carbons (Fsp3) is 0.364. The molecule has 0 aliphatic heterocycles. The van der Waals surface area contributed by atoms with Crippen molar-refractivity contribution in [2.75, 3.05) is 0 Å². The van der Waals surface area contributed by atoms with Gasteiger partial charge in [-0.3, -0.25) is 4.79 Å². The molecule has 1 unspecified atom stereocenters. The van der Waals surface area contributed by atoms with Crippen LogP contribution in [0.4, 0.5) is 14.5 Å². The van der Waals surface area contributed by atoms with E-state index in [2.05, 4.69) is 0 Å². The van der Waals surface area contributed by atoms with Crippen LogP contribution in [0.25, 0.3) is 5.73 Å². The van der Waals surface area contributed by atoms with Crippen molar-refractivity contribution in [3.05, 3.63) is 35.6 Å². The van der Waals surface area contributed by atoms with E-state index < -0.39 is 23.2 Å². The number of carbonyl (C=O) groups is 1. The molecule has 0 saturated carbocycles. The Hall–Kier alpha value is -0.853. The van der Waals surface area contributed by atoms with Crippen LogP contribution in [0.3, 0.4) is 0 Å². The topological polar surface area (TPSA) is 40.9 Å². The first-order valence-electron chi connectivity index (χ1n) is 4.56. The van der Waals surface area contributed by atoms with Crippen molar-refractivity contribution in [3.8, 4) is 0 Å². The van der Waals surface area contributed by atoms with E-state index >= 15 is 0 Å². The third-order valence-corrected chi connectivity index (χ3v) is 2.44. The Morgan fingerprint density at radius 1 is 1.38 bits per heavy atom. The van der Waals surface area contributed by atoms with Gasteiger partial charge in [0.25, 0.3) is 5.92 Å². The minimum absolute atomic E-state index is 0. The fourth-order valence-corrected chi connectivity index (χ4v) is 1.26. The molecule has 0 aromatic heterocycles. The van der Waals surface area contributed by atoms with Crippen LogP contribution >= 0.6 is 0 Å². The third-order valence-electron chi connectivity index (χ3n) is 2.44. The van der Waals surface area contributed by atoms with E-state index in [9.17, 15) is 13.6 Å². The van der Waals surface area contributed by atoms with Crippen molar-refractivity contribution in [1.82, 2.24) is 0 Å². The third kappa shape index (κ3) is 2.84. The predicted octanol–water partition coefficient (Wildman–Crippen LogP) is 0.691. The van der Waals surface area contributed by atoms with Gasteiger partial charge in [-0.15, -0.1) is 5.69 Å². The monoisotopic (exact) mass is 219 g/mol. The number of benzene rings is 1. The number of Topliss-reactive ketones (excluding diaryl/α,β-unsaturated/α-hetero) is 1. The van der Waals surface area contributed by atoms with Gasteiger partial charge in [0, 0.05) is 5.56 Å². The summed E-state index contributed by atoms with van der Waals surface area (Å²) in [5, 5.41) is 0. The summed E-state index contributed by atoms with van der Waals surface area (Å²) in [5.41, 5.74) is 6.73. The first-order chi connectivity index (χ1) is 6.87. The Bertz CT molecular complexity index is 382. The number of hydrogen-bond donors (Lipinski definition) is 0. The van der Waals surface area contributed by atoms with Crippen molar-refractivity contribution < 1.29 is 32.4 Å². The van der Waals surface area contributed by atoms with Crippen LogP contribution in [0.1, 0.15) is 19.4 Å². The number of rotatable bonds is 3. The summed E-state index contributed by atoms with van der Waals surface area (Å²) >= 11 is 0. The molecule has 82 valence electrons. The van der Waals surface area contributed by atoms with Crippen LogP contribution in [-0.2, 0) is 10.7 Å². The summed E-state index contributed by atoms with van der Waals surface area (Å²) in [6.07, 6.45) is 0. The van der Waals surface area contributed by atoms with Gasteiger partial charge in [0.1, 0.15) is 5.78 Å². The van der Waals surface area contributed by atoms with Crippen LogP contribution in [0.15, 0.2) is 24.3 Å². The molecule has 0 heterocycles. The van der Waals surface area contributed by atoms with Crippen molar-refractivity contribution in [2.45, 2.75) is 19.8 Å². The molecule has 0 spiro atoms. The molecule has 0 bridgehead atoms. The zero-order chi connectivity index (χ0) is 11.6. The number of nitrogens with one attached hydrogen (secondary N) is 1. The van der Waals surface area contributed by atoms with Crippen molar-refractivity contribution in [3.63, 3.8) is 0 Å². The zero-order valence-electron chi connectivity index (χ0n) is 9.55. The molecule has 0 radical (unpaired) electrons. The van der Waals surface area contributed by atoms with Gasteiger partial charge in [-0.2, -0.15) is 0 Å². The molecule has 0 aliphatic carbocycles. The van der Waals surface area contributed by atoms with E-state index in [0.29, 0.717) is 0 Å². The Balaban J connectivity index is 0.00000225. The number of alkyl halides is 2. The van der Waals surface area contributed by atoms with E-state index in [1.54, 1.807) is 0 Å². The van der Waals surface area contributed by atoms with Gasteiger partial charge in [0.2, 0.25) is 0 Å². The van der Waals surface area contributed by atoms with Crippen LogP contribution in [0.2, 0.25) is 0 Å². The maximum atomic E-state index is 13.7. The largest absolute Gasteiger partial charge is 1.00 e. The summed E-state index contributed by atoms with van der Waals surface area (Å²) in [5.74, 6) is -5.25. The van der Waals surface area contributed by atoms with E-state index in [-0.39, 0.29) is 24.5 Å². The molecule has 0 aliphatic rings. The SMILES string of the molecule is CC(=O)C(C)C(F)(F)c1ccccc1[NH-].[Li+]. The molecule has 0 fully saturated rings. The van der Waals surface area contributed by atoms with E-state index in [1.165, 1.54) is 31.2 Å². The molecule has 16 heavy (non-hydrogen) atoms. The molecule has 1 aromatic rings. The standard InChI is InChI=1S/C11H12F2NO.Li/c1-7(8(2)15)11(12,13)9-5-3-4-6-10(9)14;/h3-7,14H,1-2H3;/q-1;+1. The van der Waals surface area contributed by atoms with Crippen LogP contribution in [0, 0.1) is 5.92 Å². The normalized spacial score (nSPS) is 12.8. The van der Waals surface area contributed by atoms with Gasteiger partial charge in [0.15, 0.2) is 0 Å². The molecule has 2 nitrogen and oxygen atoms in total. The Labute approximate surface area is 105 Å². The van der Waals surface area contributed by atoms with Gasteiger partial charge < -0.3 is 5.73 Å². The summed E-state index contributed by atoms with van der Waals surface area (Å²) in [6.45, 7) is 2.31. The molecule has 5 heteroatoms. The Morgan fingerprint density at radius 3 is 2.31 bits per heavy atom. The second kappa shape index (κ2) is 5.47.